The number of ether oxygens (including phenoxy) is 3. The summed E-state index contributed by atoms with van der Waals surface area (Å²) in [7, 11) is -1.80. The molecule has 0 saturated carbocycles. The zero-order valence-corrected chi connectivity index (χ0v) is 12.9. The molecule has 0 atom stereocenters. The van der Waals surface area contributed by atoms with E-state index in [4.69, 9.17) is 27.8 Å². The van der Waals surface area contributed by atoms with Gasteiger partial charge in [-0.05, 0) is 13.8 Å². The van der Waals surface area contributed by atoms with Crippen LogP contribution in [0.2, 0.25) is 0 Å². The fraction of sp³-hybridized carbons (Fsp3) is 1.00. The van der Waals surface area contributed by atoms with Crippen LogP contribution in [0.25, 0.3) is 0 Å². The molecule has 0 radical (unpaired) electrons. The van der Waals surface area contributed by atoms with Crippen molar-refractivity contribution in [1.82, 2.24) is 0 Å². The molecular formula is C11H25O7P. The standard InChI is InChI=1S/C11H25O7P/c1-4-16-19(12,17-5-2)18-11-10-15-9-8-14-7-6-13-3/h4-11H2,1-3H3. The maximum absolute atomic E-state index is 11.9. The predicted molar refractivity (Wildman–Crippen MR) is 70.3 cm³/mol. The van der Waals surface area contributed by atoms with Gasteiger partial charge in [0.1, 0.15) is 0 Å². The van der Waals surface area contributed by atoms with E-state index in [1.54, 1.807) is 21.0 Å². The second-order valence-electron chi connectivity index (χ2n) is 3.33. The summed E-state index contributed by atoms with van der Waals surface area (Å²) < 4.78 is 42.1. The first-order chi connectivity index (χ1) is 9.18. The molecule has 0 aliphatic heterocycles. The molecule has 0 unspecified atom stereocenters. The molecule has 0 spiro atoms. The van der Waals surface area contributed by atoms with Gasteiger partial charge in [-0.25, -0.2) is 4.57 Å². The average Bonchev–Trinajstić information content (AvgIpc) is 2.37. The summed E-state index contributed by atoms with van der Waals surface area (Å²) in [6.07, 6.45) is 0. The number of phosphoric acid groups is 1. The van der Waals surface area contributed by atoms with E-state index < -0.39 is 7.82 Å². The Morgan fingerprint density at radius 1 is 0.737 bits per heavy atom. The highest BCUT2D eigenvalue weighted by molar-refractivity contribution is 7.48. The van der Waals surface area contributed by atoms with Crippen LogP contribution in [0, 0.1) is 0 Å². The highest BCUT2D eigenvalue weighted by atomic mass is 31.2. The lowest BCUT2D eigenvalue weighted by Gasteiger charge is -2.16. The van der Waals surface area contributed by atoms with Crippen molar-refractivity contribution in [1.29, 1.82) is 0 Å². The van der Waals surface area contributed by atoms with Crippen molar-refractivity contribution < 1.29 is 32.3 Å². The Kier molecular flexibility index (Phi) is 13.0. The Labute approximate surface area is 115 Å². The molecule has 0 N–H and O–H groups in total. The molecule has 0 heterocycles. The van der Waals surface area contributed by atoms with Crippen LogP contribution in [0.15, 0.2) is 0 Å². The van der Waals surface area contributed by atoms with E-state index in [-0.39, 0.29) is 19.8 Å². The molecule has 0 fully saturated rings. The number of phosphoric ester groups is 1. The van der Waals surface area contributed by atoms with Gasteiger partial charge in [0.05, 0.1) is 52.9 Å². The lowest BCUT2D eigenvalue weighted by Crippen LogP contribution is -2.11. The van der Waals surface area contributed by atoms with Crippen molar-refractivity contribution in [3.8, 4) is 0 Å². The second-order valence-corrected chi connectivity index (χ2v) is 5.00. The Morgan fingerprint density at radius 2 is 1.21 bits per heavy atom. The molecule has 19 heavy (non-hydrogen) atoms. The highest BCUT2D eigenvalue weighted by Crippen LogP contribution is 2.48. The van der Waals surface area contributed by atoms with Gasteiger partial charge in [0.15, 0.2) is 0 Å². The molecule has 0 aromatic rings. The first-order valence-electron chi connectivity index (χ1n) is 6.36. The third-order valence-electron chi connectivity index (χ3n) is 1.86. The Balaban J connectivity index is 3.47. The van der Waals surface area contributed by atoms with Crippen molar-refractivity contribution in [2.75, 3.05) is 60.0 Å². The third-order valence-corrected chi connectivity index (χ3v) is 3.50. The number of hydrogen-bond donors (Lipinski definition) is 0. The molecule has 0 aliphatic carbocycles. The summed E-state index contributed by atoms with van der Waals surface area (Å²) in [4.78, 5) is 0. The van der Waals surface area contributed by atoms with Gasteiger partial charge in [-0.3, -0.25) is 13.6 Å². The quantitative estimate of drug-likeness (QED) is 0.358. The van der Waals surface area contributed by atoms with Crippen molar-refractivity contribution in [3.05, 3.63) is 0 Å². The minimum absolute atomic E-state index is 0.148. The number of hydrogen-bond acceptors (Lipinski definition) is 7. The second kappa shape index (κ2) is 13.0. The number of rotatable bonds is 14. The van der Waals surface area contributed by atoms with Crippen molar-refractivity contribution in [2.24, 2.45) is 0 Å². The molecule has 0 rings (SSSR count). The summed E-state index contributed by atoms with van der Waals surface area (Å²) in [6, 6.07) is 0. The summed E-state index contributed by atoms with van der Waals surface area (Å²) in [5, 5.41) is 0. The molecule has 0 aromatic heterocycles. The monoisotopic (exact) mass is 300 g/mol. The van der Waals surface area contributed by atoms with E-state index in [0.717, 1.165) is 0 Å². The fourth-order valence-corrected chi connectivity index (χ4v) is 2.25. The zero-order valence-electron chi connectivity index (χ0n) is 12.0. The normalized spacial score (nSPS) is 11.9. The van der Waals surface area contributed by atoms with E-state index in [9.17, 15) is 4.57 Å². The van der Waals surface area contributed by atoms with Gasteiger partial charge >= 0.3 is 7.82 Å². The molecular weight excluding hydrogens is 275 g/mol. The van der Waals surface area contributed by atoms with Crippen molar-refractivity contribution >= 4 is 7.82 Å². The van der Waals surface area contributed by atoms with E-state index in [1.165, 1.54) is 0 Å². The third kappa shape index (κ3) is 11.5. The molecule has 0 bridgehead atoms. The summed E-state index contributed by atoms with van der Waals surface area (Å²) in [5.41, 5.74) is 0. The predicted octanol–water partition coefficient (Wildman–Crippen LogP) is 1.86. The van der Waals surface area contributed by atoms with Crippen LogP contribution in [0.1, 0.15) is 13.8 Å². The van der Waals surface area contributed by atoms with Gasteiger partial charge < -0.3 is 14.2 Å². The Morgan fingerprint density at radius 3 is 1.68 bits per heavy atom. The molecule has 0 amide bonds. The minimum atomic E-state index is -3.42. The van der Waals surface area contributed by atoms with Gasteiger partial charge in [0.2, 0.25) is 0 Å². The first-order valence-corrected chi connectivity index (χ1v) is 7.82. The molecule has 0 aromatic carbocycles. The minimum Gasteiger partial charge on any atom is -0.382 e. The first kappa shape index (κ1) is 19.0. The summed E-state index contributed by atoms with van der Waals surface area (Å²) >= 11 is 0. The average molecular weight is 300 g/mol. The van der Waals surface area contributed by atoms with Crippen LogP contribution in [0.4, 0.5) is 0 Å². The largest absolute Gasteiger partial charge is 0.474 e. The maximum atomic E-state index is 11.9. The molecule has 116 valence electrons. The van der Waals surface area contributed by atoms with Gasteiger partial charge in [-0.15, -0.1) is 0 Å². The smallest absolute Gasteiger partial charge is 0.382 e. The van der Waals surface area contributed by atoms with Crippen molar-refractivity contribution in [3.63, 3.8) is 0 Å². The van der Waals surface area contributed by atoms with Gasteiger partial charge in [-0.1, -0.05) is 0 Å². The highest BCUT2D eigenvalue weighted by Gasteiger charge is 2.24. The molecule has 7 nitrogen and oxygen atoms in total. The molecule has 0 saturated heterocycles. The van der Waals surface area contributed by atoms with E-state index in [2.05, 4.69) is 0 Å². The van der Waals surface area contributed by atoms with E-state index in [1.807, 2.05) is 0 Å². The zero-order chi connectivity index (χ0) is 14.4. The SMILES string of the molecule is CCOP(=O)(OCC)OCCOCCOCCOC. The van der Waals surface area contributed by atoms with Crippen LogP contribution < -0.4 is 0 Å². The van der Waals surface area contributed by atoms with Gasteiger partial charge in [0.25, 0.3) is 0 Å². The molecule has 8 heteroatoms. The van der Waals surface area contributed by atoms with Crippen LogP contribution in [-0.2, 0) is 32.3 Å². The lowest BCUT2D eigenvalue weighted by molar-refractivity contribution is 0.0130. The van der Waals surface area contributed by atoms with Crippen LogP contribution in [-0.4, -0.2) is 60.0 Å². The van der Waals surface area contributed by atoms with Crippen LogP contribution in [0.5, 0.6) is 0 Å². The van der Waals surface area contributed by atoms with Crippen LogP contribution in [0.3, 0.4) is 0 Å². The van der Waals surface area contributed by atoms with Crippen LogP contribution >= 0.6 is 7.82 Å². The topological polar surface area (TPSA) is 72.5 Å². The summed E-state index contributed by atoms with van der Waals surface area (Å²) in [5.74, 6) is 0. The Bertz CT molecular complexity index is 227. The molecule has 0 aliphatic rings. The number of methoxy groups -OCH3 is 1. The lowest BCUT2D eigenvalue weighted by atomic mass is 10.7. The van der Waals surface area contributed by atoms with Gasteiger partial charge in [-0.2, -0.15) is 0 Å². The summed E-state index contributed by atoms with van der Waals surface area (Å²) in [6.45, 7) is 6.48. The maximum Gasteiger partial charge on any atom is 0.474 e. The van der Waals surface area contributed by atoms with E-state index >= 15 is 0 Å². The van der Waals surface area contributed by atoms with E-state index in [0.29, 0.717) is 33.0 Å². The van der Waals surface area contributed by atoms with Gasteiger partial charge in [0, 0.05) is 7.11 Å². The van der Waals surface area contributed by atoms with Crippen molar-refractivity contribution in [2.45, 2.75) is 13.8 Å². The fourth-order valence-electron chi connectivity index (χ4n) is 1.10. The Hall–Kier alpha value is -0.0100.